The number of carbonyl (C=O) groups excluding carboxylic acids is 3. The number of rotatable bonds is 7. The molecule has 1 rings (SSSR count). The van der Waals surface area contributed by atoms with Crippen LogP contribution in [-0.4, -0.2) is 39.5 Å². The Morgan fingerprint density at radius 3 is 2.58 bits per heavy atom. The minimum absolute atomic E-state index is 0.135. The molecule has 130 valence electrons. The van der Waals surface area contributed by atoms with E-state index in [1.807, 2.05) is 0 Å². The first kappa shape index (κ1) is 19.3. The van der Waals surface area contributed by atoms with Crippen LogP contribution in [0, 0.1) is 5.82 Å². The molecule has 3 amide bonds. The van der Waals surface area contributed by atoms with Crippen molar-refractivity contribution in [3.63, 3.8) is 0 Å². The molecule has 0 atom stereocenters. The molecule has 0 radical (unpaired) electrons. The zero-order chi connectivity index (χ0) is 18.3. The number of primary amides is 1. The van der Waals surface area contributed by atoms with Gasteiger partial charge in [0, 0.05) is 6.54 Å². The number of hydrogen-bond acceptors (Lipinski definition) is 6. The van der Waals surface area contributed by atoms with Crippen molar-refractivity contribution in [2.45, 2.75) is 4.90 Å². The van der Waals surface area contributed by atoms with Crippen LogP contribution in [0.15, 0.2) is 35.7 Å². The first-order valence-electron chi connectivity index (χ1n) is 6.34. The van der Waals surface area contributed by atoms with Crippen LogP contribution < -0.4 is 15.8 Å². The molecule has 0 fully saturated rings. The second-order valence-corrected chi connectivity index (χ2v) is 6.01. The van der Waals surface area contributed by atoms with Crippen LogP contribution >= 0.6 is 0 Å². The van der Waals surface area contributed by atoms with E-state index in [9.17, 15) is 27.2 Å². The highest BCUT2D eigenvalue weighted by molar-refractivity contribution is 7.89. The van der Waals surface area contributed by atoms with Gasteiger partial charge in [-0.15, -0.1) is 6.58 Å². The molecule has 0 unspecified atom stereocenters. The zero-order valence-electron chi connectivity index (χ0n) is 12.2. The number of amides is 3. The van der Waals surface area contributed by atoms with E-state index in [-0.39, 0.29) is 12.1 Å². The number of halogens is 1. The Kier molecular flexibility index (Phi) is 6.56. The van der Waals surface area contributed by atoms with E-state index < -0.39 is 45.3 Å². The summed E-state index contributed by atoms with van der Waals surface area (Å²) in [6, 6.07) is 1.38. The molecule has 1 aromatic rings. The van der Waals surface area contributed by atoms with E-state index in [2.05, 4.69) is 16.0 Å². The van der Waals surface area contributed by atoms with E-state index in [1.54, 1.807) is 5.32 Å². The van der Waals surface area contributed by atoms with Gasteiger partial charge in [0.1, 0.15) is 10.7 Å². The van der Waals surface area contributed by atoms with Gasteiger partial charge in [-0.25, -0.2) is 27.1 Å². The van der Waals surface area contributed by atoms with Crippen LogP contribution in [0.25, 0.3) is 0 Å². The van der Waals surface area contributed by atoms with Crippen LogP contribution in [0.1, 0.15) is 10.4 Å². The molecule has 9 nitrogen and oxygen atoms in total. The monoisotopic (exact) mass is 359 g/mol. The lowest BCUT2D eigenvalue weighted by molar-refractivity contribution is -0.123. The molecule has 0 aromatic heterocycles. The van der Waals surface area contributed by atoms with Gasteiger partial charge >= 0.3 is 12.0 Å². The first-order chi connectivity index (χ1) is 11.2. The fraction of sp³-hybridized carbons (Fsp3) is 0.154. The Morgan fingerprint density at radius 1 is 1.33 bits per heavy atom. The van der Waals surface area contributed by atoms with Crippen molar-refractivity contribution in [2.24, 2.45) is 5.73 Å². The molecular weight excluding hydrogens is 345 g/mol. The fourth-order valence-corrected chi connectivity index (χ4v) is 2.57. The molecule has 11 heteroatoms. The SMILES string of the molecule is C=CCNS(=O)(=O)c1cc(C(=O)OCC(=O)NC(N)=O)ccc1F. The van der Waals surface area contributed by atoms with Gasteiger partial charge in [0.05, 0.1) is 5.56 Å². The summed E-state index contributed by atoms with van der Waals surface area (Å²) in [7, 11) is -4.20. The number of nitrogens with two attached hydrogens (primary N) is 1. The Balaban J connectivity index is 2.92. The van der Waals surface area contributed by atoms with Crippen molar-refractivity contribution in [3.8, 4) is 0 Å². The predicted molar refractivity (Wildman–Crippen MR) is 79.8 cm³/mol. The summed E-state index contributed by atoms with van der Waals surface area (Å²) in [5.74, 6) is -3.14. The van der Waals surface area contributed by atoms with Crippen LogP contribution in [0.5, 0.6) is 0 Å². The van der Waals surface area contributed by atoms with Gasteiger partial charge in [0.2, 0.25) is 10.0 Å². The molecule has 24 heavy (non-hydrogen) atoms. The standard InChI is InChI=1S/C13H14FN3O6S/c1-2-5-16-24(21,22)10-6-8(3-4-9(10)14)12(19)23-7-11(18)17-13(15)20/h2-4,6,16H,1,5,7H2,(H3,15,17,18,20). The number of imide groups is 1. The van der Waals surface area contributed by atoms with Crippen LogP contribution in [0.2, 0.25) is 0 Å². The number of benzene rings is 1. The summed E-state index contributed by atoms with van der Waals surface area (Å²) in [6.45, 7) is 2.36. The quantitative estimate of drug-likeness (QED) is 0.448. The third-order valence-electron chi connectivity index (χ3n) is 2.47. The smallest absolute Gasteiger partial charge is 0.338 e. The molecule has 0 bridgehead atoms. The Morgan fingerprint density at radius 2 is 2.00 bits per heavy atom. The second-order valence-electron chi connectivity index (χ2n) is 4.27. The summed E-state index contributed by atoms with van der Waals surface area (Å²) in [5.41, 5.74) is 4.40. The molecule has 0 aliphatic carbocycles. The van der Waals surface area contributed by atoms with Crippen LogP contribution in [-0.2, 0) is 19.6 Å². The highest BCUT2D eigenvalue weighted by atomic mass is 32.2. The largest absolute Gasteiger partial charge is 0.452 e. The van der Waals surface area contributed by atoms with E-state index >= 15 is 0 Å². The Hall–Kier alpha value is -2.79. The normalized spacial score (nSPS) is 10.7. The number of esters is 1. The Bertz CT molecular complexity index is 778. The van der Waals surface area contributed by atoms with Crippen LogP contribution in [0.4, 0.5) is 9.18 Å². The maximum atomic E-state index is 13.7. The summed E-state index contributed by atoms with van der Waals surface area (Å²) in [4.78, 5) is 32.6. The first-order valence-corrected chi connectivity index (χ1v) is 7.82. The highest BCUT2D eigenvalue weighted by Gasteiger charge is 2.21. The van der Waals surface area contributed by atoms with Gasteiger partial charge < -0.3 is 10.5 Å². The number of hydrogen-bond donors (Lipinski definition) is 3. The molecule has 0 aliphatic rings. The van der Waals surface area contributed by atoms with E-state index in [4.69, 9.17) is 5.73 Å². The summed E-state index contributed by atoms with van der Waals surface area (Å²) in [5, 5.41) is 1.66. The van der Waals surface area contributed by atoms with E-state index in [0.29, 0.717) is 0 Å². The molecule has 4 N–H and O–H groups in total. The van der Waals surface area contributed by atoms with Crippen LogP contribution in [0.3, 0.4) is 0 Å². The second kappa shape index (κ2) is 8.17. The molecule has 0 spiro atoms. The van der Waals surface area contributed by atoms with Gasteiger partial charge in [0.25, 0.3) is 5.91 Å². The average Bonchev–Trinajstić information content (AvgIpc) is 2.50. The maximum absolute atomic E-state index is 13.7. The topological polar surface area (TPSA) is 145 Å². The number of sulfonamides is 1. The van der Waals surface area contributed by atoms with Crippen molar-refractivity contribution in [2.75, 3.05) is 13.2 Å². The lowest BCUT2D eigenvalue weighted by atomic mass is 10.2. The van der Waals surface area contributed by atoms with Gasteiger partial charge in [-0.05, 0) is 18.2 Å². The summed E-state index contributed by atoms with van der Waals surface area (Å²) < 4.78 is 44.1. The maximum Gasteiger partial charge on any atom is 0.338 e. The number of urea groups is 1. The predicted octanol–water partition coefficient (Wildman–Crippen LogP) is -0.358. The third-order valence-corrected chi connectivity index (χ3v) is 3.91. The lowest BCUT2D eigenvalue weighted by Gasteiger charge is -2.08. The van der Waals surface area contributed by atoms with Gasteiger partial charge in [0.15, 0.2) is 6.61 Å². The minimum atomic E-state index is -4.20. The molecule has 0 aliphatic heterocycles. The Labute approximate surface area is 136 Å². The van der Waals surface area contributed by atoms with Gasteiger partial charge in [-0.3, -0.25) is 10.1 Å². The van der Waals surface area contributed by atoms with Gasteiger partial charge in [-0.2, -0.15) is 0 Å². The number of nitrogens with one attached hydrogen (secondary N) is 2. The van der Waals surface area contributed by atoms with E-state index in [0.717, 1.165) is 18.2 Å². The molecule has 0 saturated heterocycles. The van der Waals surface area contributed by atoms with Crippen molar-refractivity contribution in [3.05, 3.63) is 42.2 Å². The number of carbonyl (C=O) groups is 3. The lowest BCUT2D eigenvalue weighted by Crippen LogP contribution is -2.37. The number of ether oxygens (including phenoxy) is 1. The fourth-order valence-electron chi connectivity index (χ4n) is 1.47. The third kappa shape index (κ3) is 5.44. The summed E-state index contributed by atoms with van der Waals surface area (Å²) in [6.07, 6.45) is 1.25. The zero-order valence-corrected chi connectivity index (χ0v) is 13.1. The summed E-state index contributed by atoms with van der Waals surface area (Å²) >= 11 is 0. The minimum Gasteiger partial charge on any atom is -0.452 e. The molecular formula is C13H14FN3O6S. The van der Waals surface area contributed by atoms with Gasteiger partial charge in [-0.1, -0.05) is 6.08 Å². The molecule has 0 saturated carbocycles. The molecule has 1 aromatic carbocycles. The van der Waals surface area contributed by atoms with Crippen molar-refractivity contribution in [1.29, 1.82) is 0 Å². The van der Waals surface area contributed by atoms with E-state index in [1.165, 1.54) is 6.08 Å². The highest BCUT2D eigenvalue weighted by Crippen LogP contribution is 2.17. The van der Waals surface area contributed by atoms with Crippen molar-refractivity contribution in [1.82, 2.24) is 10.0 Å². The molecule has 0 heterocycles. The van der Waals surface area contributed by atoms with Crippen molar-refractivity contribution >= 4 is 27.9 Å². The van der Waals surface area contributed by atoms with Crippen molar-refractivity contribution < 1.29 is 31.9 Å². The average molecular weight is 359 g/mol.